The molecule has 152 valence electrons. The first-order valence-electron chi connectivity index (χ1n) is 9.77. The number of likely N-dealkylation sites (tertiary alicyclic amines) is 1. The summed E-state index contributed by atoms with van der Waals surface area (Å²) in [5, 5.41) is 3.50. The van der Waals surface area contributed by atoms with E-state index in [0.29, 0.717) is 12.0 Å². The Labute approximate surface area is 180 Å². The Morgan fingerprint density at radius 2 is 2.11 bits per heavy atom. The summed E-state index contributed by atoms with van der Waals surface area (Å²) in [4.78, 5) is 6.85. The summed E-state index contributed by atoms with van der Waals surface area (Å²) in [6, 6.07) is 4.33. The van der Waals surface area contributed by atoms with Crippen molar-refractivity contribution in [2.45, 2.75) is 40.0 Å². The van der Waals surface area contributed by atoms with Crippen molar-refractivity contribution in [3.05, 3.63) is 28.8 Å². The number of hydrogen-bond donors (Lipinski definition) is 1. The van der Waals surface area contributed by atoms with E-state index in [0.717, 1.165) is 51.0 Å². The zero-order chi connectivity index (χ0) is 18.6. The van der Waals surface area contributed by atoms with Gasteiger partial charge in [0.05, 0.1) is 13.2 Å². The van der Waals surface area contributed by atoms with Crippen molar-refractivity contribution >= 4 is 29.9 Å². The van der Waals surface area contributed by atoms with Crippen LogP contribution in [0.15, 0.2) is 17.1 Å². The van der Waals surface area contributed by atoms with Crippen LogP contribution in [0.2, 0.25) is 0 Å². The maximum absolute atomic E-state index is 6.01. The lowest BCUT2D eigenvalue weighted by Crippen LogP contribution is -2.42. The van der Waals surface area contributed by atoms with Gasteiger partial charge in [0.2, 0.25) is 0 Å². The van der Waals surface area contributed by atoms with Gasteiger partial charge in [0.1, 0.15) is 5.75 Å². The van der Waals surface area contributed by atoms with Crippen LogP contribution in [-0.2, 0) is 4.74 Å². The maximum Gasteiger partial charge on any atom is 0.193 e. The zero-order valence-electron chi connectivity index (χ0n) is 17.1. The van der Waals surface area contributed by atoms with E-state index in [9.17, 15) is 0 Å². The third-order valence-corrected chi connectivity index (χ3v) is 5.76. The van der Waals surface area contributed by atoms with Crippen LogP contribution in [0.4, 0.5) is 0 Å². The molecule has 0 radical (unpaired) electrons. The summed E-state index contributed by atoms with van der Waals surface area (Å²) in [5.41, 5.74) is 4.14. The molecule has 27 heavy (non-hydrogen) atoms. The topological polar surface area (TPSA) is 46.1 Å². The van der Waals surface area contributed by atoms with E-state index < -0.39 is 0 Å². The van der Waals surface area contributed by atoms with E-state index in [4.69, 9.17) is 9.47 Å². The van der Waals surface area contributed by atoms with Gasteiger partial charge in [-0.25, -0.2) is 0 Å². The Kier molecular flexibility index (Phi) is 8.21. The van der Waals surface area contributed by atoms with Crippen LogP contribution < -0.4 is 10.1 Å². The Hall–Kier alpha value is -1.02. The van der Waals surface area contributed by atoms with Crippen LogP contribution in [0.1, 0.15) is 36.0 Å². The fourth-order valence-electron chi connectivity index (χ4n) is 4.02. The van der Waals surface area contributed by atoms with Crippen LogP contribution in [0.3, 0.4) is 0 Å². The molecule has 0 saturated carbocycles. The van der Waals surface area contributed by atoms with E-state index in [1.54, 1.807) is 0 Å². The number of ether oxygens (including phenoxy) is 2. The first-order chi connectivity index (χ1) is 12.5. The van der Waals surface area contributed by atoms with Crippen LogP contribution in [0.25, 0.3) is 0 Å². The molecule has 1 unspecified atom stereocenters. The SMILES string of the molecule is CN=C(NCCCOc1cc(C)cc(C)c1C)N1CCC2(CCOC2)C1.I. The molecule has 1 aromatic carbocycles. The van der Waals surface area contributed by atoms with Crippen LogP contribution in [-0.4, -0.2) is 57.4 Å². The zero-order valence-corrected chi connectivity index (χ0v) is 19.5. The van der Waals surface area contributed by atoms with Crippen molar-refractivity contribution in [3.8, 4) is 5.75 Å². The monoisotopic (exact) mass is 487 g/mol. The fraction of sp³-hybridized carbons (Fsp3) is 0.667. The number of nitrogens with one attached hydrogen (secondary N) is 1. The van der Waals surface area contributed by atoms with Gasteiger partial charge in [-0.1, -0.05) is 6.07 Å². The van der Waals surface area contributed by atoms with Crippen molar-refractivity contribution < 1.29 is 9.47 Å². The molecule has 3 rings (SSSR count). The van der Waals surface area contributed by atoms with Gasteiger partial charge in [-0.05, 0) is 62.8 Å². The summed E-state index contributed by atoms with van der Waals surface area (Å²) in [7, 11) is 1.87. The van der Waals surface area contributed by atoms with E-state index >= 15 is 0 Å². The molecular weight excluding hydrogens is 453 g/mol. The highest BCUT2D eigenvalue weighted by Gasteiger charge is 2.42. The quantitative estimate of drug-likeness (QED) is 0.298. The first-order valence-corrected chi connectivity index (χ1v) is 9.77. The van der Waals surface area contributed by atoms with Crippen molar-refractivity contribution in [1.82, 2.24) is 10.2 Å². The summed E-state index contributed by atoms with van der Waals surface area (Å²) in [5.74, 6) is 2.02. The minimum atomic E-state index is 0. The van der Waals surface area contributed by atoms with Gasteiger partial charge >= 0.3 is 0 Å². The third kappa shape index (κ3) is 5.50. The van der Waals surface area contributed by atoms with Crippen molar-refractivity contribution in [2.24, 2.45) is 10.4 Å². The van der Waals surface area contributed by atoms with Crippen LogP contribution in [0.5, 0.6) is 5.75 Å². The van der Waals surface area contributed by atoms with E-state index in [2.05, 4.69) is 48.1 Å². The highest BCUT2D eigenvalue weighted by atomic mass is 127. The largest absolute Gasteiger partial charge is 0.493 e. The average Bonchev–Trinajstić information content (AvgIpc) is 3.25. The summed E-state index contributed by atoms with van der Waals surface area (Å²) < 4.78 is 11.6. The highest BCUT2D eigenvalue weighted by molar-refractivity contribution is 14.0. The van der Waals surface area contributed by atoms with Gasteiger partial charge in [0.25, 0.3) is 0 Å². The second-order valence-corrected chi connectivity index (χ2v) is 7.86. The second-order valence-electron chi connectivity index (χ2n) is 7.86. The number of aryl methyl sites for hydroxylation is 2. The van der Waals surface area contributed by atoms with Crippen molar-refractivity contribution in [1.29, 1.82) is 0 Å². The molecule has 0 bridgehead atoms. The highest BCUT2D eigenvalue weighted by Crippen LogP contribution is 2.38. The lowest BCUT2D eigenvalue weighted by molar-refractivity contribution is 0.156. The lowest BCUT2D eigenvalue weighted by Gasteiger charge is -2.25. The summed E-state index contributed by atoms with van der Waals surface area (Å²) >= 11 is 0. The molecule has 6 heteroatoms. The minimum absolute atomic E-state index is 0. The maximum atomic E-state index is 6.01. The van der Waals surface area contributed by atoms with E-state index in [1.165, 1.54) is 29.5 Å². The predicted octanol–water partition coefficient (Wildman–Crippen LogP) is 3.69. The number of halogens is 1. The molecule has 1 N–H and O–H groups in total. The lowest BCUT2D eigenvalue weighted by atomic mass is 9.87. The molecule has 0 amide bonds. The van der Waals surface area contributed by atoms with Crippen LogP contribution >= 0.6 is 24.0 Å². The van der Waals surface area contributed by atoms with Gasteiger partial charge in [-0.3, -0.25) is 4.99 Å². The van der Waals surface area contributed by atoms with Crippen LogP contribution in [0, 0.1) is 26.2 Å². The molecular formula is C21H34IN3O2. The standard InChI is InChI=1S/C21H33N3O2.HI/c1-16-12-17(2)18(3)19(13-16)26-10-5-8-23-20(22-4)24-9-6-21(14-24)7-11-25-15-21;/h12-13H,5-11,14-15H2,1-4H3,(H,22,23);1H. The van der Waals surface area contributed by atoms with E-state index in [1.807, 2.05) is 7.05 Å². The first kappa shape index (κ1) is 22.3. The number of hydrogen-bond acceptors (Lipinski definition) is 3. The fourth-order valence-corrected chi connectivity index (χ4v) is 4.02. The van der Waals surface area contributed by atoms with Gasteiger partial charge in [0.15, 0.2) is 5.96 Å². The summed E-state index contributed by atoms with van der Waals surface area (Å²) in [6.45, 7) is 11.9. The smallest absolute Gasteiger partial charge is 0.193 e. The average molecular weight is 487 g/mol. The molecule has 1 atom stereocenters. The Morgan fingerprint density at radius 1 is 1.30 bits per heavy atom. The Morgan fingerprint density at radius 3 is 2.81 bits per heavy atom. The number of nitrogens with zero attached hydrogens (tertiary/aromatic N) is 2. The minimum Gasteiger partial charge on any atom is -0.493 e. The number of rotatable bonds is 5. The molecule has 2 fully saturated rings. The molecule has 5 nitrogen and oxygen atoms in total. The van der Waals surface area contributed by atoms with Gasteiger partial charge in [-0.2, -0.15) is 0 Å². The van der Waals surface area contributed by atoms with Gasteiger partial charge < -0.3 is 19.7 Å². The molecule has 2 heterocycles. The van der Waals surface area contributed by atoms with Crippen molar-refractivity contribution in [3.63, 3.8) is 0 Å². The number of aliphatic imine (C=N–C) groups is 1. The molecule has 1 spiro atoms. The Bertz CT molecular complexity index is 657. The predicted molar refractivity (Wildman–Crippen MR) is 122 cm³/mol. The number of benzene rings is 1. The molecule has 2 saturated heterocycles. The third-order valence-electron chi connectivity index (χ3n) is 5.76. The van der Waals surface area contributed by atoms with Crippen molar-refractivity contribution in [2.75, 3.05) is 46.5 Å². The molecule has 0 aromatic heterocycles. The molecule has 0 aliphatic carbocycles. The molecule has 1 aromatic rings. The van der Waals surface area contributed by atoms with Gasteiger partial charge in [0, 0.05) is 38.7 Å². The normalized spacial score (nSPS) is 22.2. The second kappa shape index (κ2) is 9.96. The molecule has 2 aliphatic rings. The Balaban J connectivity index is 0.00000261. The van der Waals surface area contributed by atoms with E-state index in [-0.39, 0.29) is 24.0 Å². The number of guanidine groups is 1. The van der Waals surface area contributed by atoms with Gasteiger partial charge in [-0.15, -0.1) is 24.0 Å². The molecule has 2 aliphatic heterocycles. The summed E-state index contributed by atoms with van der Waals surface area (Å²) in [6.07, 6.45) is 3.35.